The normalized spacial score (nSPS) is 20.2. The van der Waals surface area contributed by atoms with Crippen LogP contribution in [0.25, 0.3) is 0 Å². The fraction of sp³-hybridized carbons (Fsp3) is 0.765. The van der Waals surface area contributed by atoms with Crippen molar-refractivity contribution in [2.24, 2.45) is 0 Å². The van der Waals surface area contributed by atoms with Gasteiger partial charge in [0.05, 0.1) is 0 Å². The summed E-state index contributed by atoms with van der Waals surface area (Å²) in [5.74, 6) is -1.41. The molecule has 2 aliphatic rings. The van der Waals surface area contributed by atoms with E-state index in [2.05, 4.69) is 5.32 Å². The number of nitrogens with zero attached hydrogens (tertiary/aromatic N) is 2. The minimum atomic E-state index is -0.945. The van der Waals surface area contributed by atoms with Crippen molar-refractivity contribution in [2.75, 3.05) is 26.2 Å². The zero-order valence-electron chi connectivity index (χ0n) is 15.0. The Kier molecular flexibility index (Phi) is 6.39. The average Bonchev–Trinajstić information content (AvgIpc) is 2.82. The van der Waals surface area contributed by atoms with E-state index in [-0.39, 0.29) is 12.5 Å². The Morgan fingerprint density at radius 2 is 1.68 bits per heavy atom. The van der Waals surface area contributed by atoms with Gasteiger partial charge in [-0.05, 0) is 25.7 Å². The Morgan fingerprint density at radius 1 is 1.08 bits per heavy atom. The van der Waals surface area contributed by atoms with Gasteiger partial charge >= 0.3 is 12.0 Å². The van der Waals surface area contributed by atoms with Crippen LogP contribution in [0.4, 0.5) is 4.79 Å². The highest BCUT2D eigenvalue weighted by Crippen LogP contribution is 2.24. The van der Waals surface area contributed by atoms with Crippen molar-refractivity contribution < 1.29 is 23.9 Å². The lowest BCUT2D eigenvalue weighted by atomic mass is 9.93. The molecule has 2 rings (SSSR count). The highest BCUT2D eigenvalue weighted by atomic mass is 16.5. The monoisotopic (exact) mass is 353 g/mol. The number of ether oxygens (including phenoxy) is 1. The molecule has 2 aliphatic heterocycles. The molecule has 0 unspecified atom stereocenters. The van der Waals surface area contributed by atoms with Crippen LogP contribution in [0.1, 0.15) is 52.4 Å². The highest BCUT2D eigenvalue weighted by molar-refractivity contribution is 6.08. The number of esters is 1. The molecule has 0 aliphatic carbocycles. The number of hydrogen-bond donors (Lipinski definition) is 1. The summed E-state index contributed by atoms with van der Waals surface area (Å²) in [5, 5.41) is 2.65. The van der Waals surface area contributed by atoms with E-state index in [4.69, 9.17) is 4.74 Å². The first kappa shape index (κ1) is 19.2. The molecule has 8 heteroatoms. The average molecular weight is 353 g/mol. The van der Waals surface area contributed by atoms with Gasteiger partial charge < -0.3 is 15.0 Å². The first-order valence-electron chi connectivity index (χ1n) is 9.01. The van der Waals surface area contributed by atoms with Gasteiger partial charge in [0.25, 0.3) is 11.8 Å². The standard InChI is InChI=1S/C17H27N3O5/c1-3-17(4-2)15(23)20(16(24)18-17)11-14(22)25-12-13(21)19-9-7-5-6-8-10-19/h3-12H2,1-2H3,(H,18,24). The van der Waals surface area contributed by atoms with Gasteiger partial charge in [0.15, 0.2) is 6.61 Å². The first-order valence-corrected chi connectivity index (χ1v) is 9.01. The maximum absolute atomic E-state index is 12.4. The molecule has 25 heavy (non-hydrogen) atoms. The number of hydrogen-bond acceptors (Lipinski definition) is 5. The van der Waals surface area contributed by atoms with Gasteiger partial charge in [0.2, 0.25) is 0 Å². The number of urea groups is 1. The number of amides is 4. The zero-order valence-corrected chi connectivity index (χ0v) is 15.0. The van der Waals surface area contributed by atoms with Crippen LogP contribution >= 0.6 is 0 Å². The van der Waals surface area contributed by atoms with Crippen LogP contribution in [0, 0.1) is 0 Å². The van der Waals surface area contributed by atoms with Gasteiger partial charge in [-0.15, -0.1) is 0 Å². The molecule has 4 amide bonds. The Hall–Kier alpha value is -2.12. The van der Waals surface area contributed by atoms with Crippen molar-refractivity contribution in [3.8, 4) is 0 Å². The second-order valence-corrected chi connectivity index (χ2v) is 6.57. The Morgan fingerprint density at radius 3 is 2.20 bits per heavy atom. The molecular formula is C17H27N3O5. The van der Waals surface area contributed by atoms with Crippen molar-refractivity contribution in [1.29, 1.82) is 0 Å². The lowest BCUT2D eigenvalue weighted by Gasteiger charge is -2.23. The number of likely N-dealkylation sites (tertiary alicyclic amines) is 1. The third-order valence-electron chi connectivity index (χ3n) is 5.06. The summed E-state index contributed by atoms with van der Waals surface area (Å²) in [7, 11) is 0. The van der Waals surface area contributed by atoms with Gasteiger partial charge in [-0.2, -0.15) is 0 Å². The summed E-state index contributed by atoms with van der Waals surface area (Å²) in [6.07, 6.45) is 5.02. The topological polar surface area (TPSA) is 96.0 Å². The molecule has 0 aromatic heterocycles. The highest BCUT2D eigenvalue weighted by Gasteiger charge is 2.49. The summed E-state index contributed by atoms with van der Waals surface area (Å²) in [5.41, 5.74) is -0.945. The van der Waals surface area contributed by atoms with Crippen LogP contribution in [0.15, 0.2) is 0 Å². The fourth-order valence-corrected chi connectivity index (χ4v) is 3.28. The molecule has 8 nitrogen and oxygen atoms in total. The van der Waals surface area contributed by atoms with E-state index in [0.29, 0.717) is 25.9 Å². The van der Waals surface area contributed by atoms with Gasteiger partial charge in [-0.25, -0.2) is 4.79 Å². The summed E-state index contributed by atoms with van der Waals surface area (Å²) in [6.45, 7) is 4.15. The third kappa shape index (κ3) is 4.29. The van der Waals surface area contributed by atoms with Gasteiger partial charge in [0.1, 0.15) is 12.1 Å². The number of rotatable bonds is 6. The van der Waals surface area contributed by atoms with Gasteiger partial charge in [-0.3, -0.25) is 19.3 Å². The van der Waals surface area contributed by atoms with Crippen molar-refractivity contribution >= 4 is 23.8 Å². The van der Waals surface area contributed by atoms with Gasteiger partial charge in [-0.1, -0.05) is 26.7 Å². The van der Waals surface area contributed by atoms with Crippen molar-refractivity contribution in [2.45, 2.75) is 57.9 Å². The van der Waals surface area contributed by atoms with Crippen molar-refractivity contribution in [3.63, 3.8) is 0 Å². The van der Waals surface area contributed by atoms with E-state index in [0.717, 1.165) is 30.6 Å². The van der Waals surface area contributed by atoms with Crippen molar-refractivity contribution in [3.05, 3.63) is 0 Å². The Balaban J connectivity index is 1.84. The van der Waals surface area contributed by atoms with E-state index in [1.165, 1.54) is 0 Å². The summed E-state index contributed by atoms with van der Waals surface area (Å²) < 4.78 is 4.99. The molecule has 0 radical (unpaired) electrons. The van der Waals surface area contributed by atoms with Crippen LogP contribution in [0.2, 0.25) is 0 Å². The number of carbonyl (C=O) groups is 4. The maximum Gasteiger partial charge on any atom is 0.326 e. The lowest BCUT2D eigenvalue weighted by Crippen LogP contribution is -2.46. The number of carbonyl (C=O) groups excluding carboxylic acids is 4. The summed E-state index contributed by atoms with van der Waals surface area (Å²) in [4.78, 5) is 51.0. The lowest BCUT2D eigenvalue weighted by molar-refractivity contribution is -0.153. The minimum absolute atomic E-state index is 0.232. The van der Waals surface area contributed by atoms with E-state index < -0.39 is 30.0 Å². The molecule has 2 saturated heterocycles. The smallest absolute Gasteiger partial charge is 0.326 e. The molecule has 2 fully saturated rings. The number of imide groups is 1. The van der Waals surface area contributed by atoms with Crippen molar-refractivity contribution in [1.82, 2.24) is 15.1 Å². The maximum atomic E-state index is 12.4. The Bertz CT molecular complexity index is 536. The summed E-state index contributed by atoms with van der Waals surface area (Å²) in [6, 6.07) is -0.593. The minimum Gasteiger partial charge on any atom is -0.454 e. The molecule has 0 aromatic carbocycles. The van der Waals surface area contributed by atoms with Crippen LogP contribution in [0.5, 0.6) is 0 Å². The molecule has 1 N–H and O–H groups in total. The molecule has 0 bridgehead atoms. The second-order valence-electron chi connectivity index (χ2n) is 6.57. The molecule has 0 saturated carbocycles. The summed E-state index contributed by atoms with van der Waals surface area (Å²) >= 11 is 0. The molecular weight excluding hydrogens is 326 g/mol. The molecule has 0 atom stereocenters. The first-order chi connectivity index (χ1) is 11.9. The number of nitrogens with one attached hydrogen (secondary N) is 1. The molecule has 2 heterocycles. The van der Waals surface area contributed by atoms with Crippen LogP contribution in [-0.2, 0) is 19.1 Å². The zero-order chi connectivity index (χ0) is 18.4. The van der Waals surface area contributed by atoms with E-state index in [1.54, 1.807) is 4.90 Å². The van der Waals surface area contributed by atoms with Gasteiger partial charge in [0, 0.05) is 13.1 Å². The molecule has 140 valence electrons. The predicted molar refractivity (Wildman–Crippen MR) is 89.6 cm³/mol. The Labute approximate surface area is 147 Å². The van der Waals surface area contributed by atoms with Crippen LogP contribution < -0.4 is 5.32 Å². The largest absolute Gasteiger partial charge is 0.454 e. The quantitative estimate of drug-likeness (QED) is 0.569. The fourth-order valence-electron chi connectivity index (χ4n) is 3.28. The molecule has 0 spiro atoms. The molecule has 0 aromatic rings. The van der Waals surface area contributed by atoms with Crippen LogP contribution in [0.3, 0.4) is 0 Å². The van der Waals surface area contributed by atoms with Crippen LogP contribution in [-0.4, -0.2) is 65.4 Å². The SMILES string of the molecule is CCC1(CC)NC(=O)N(CC(=O)OCC(=O)N2CCCCCC2)C1=O. The van der Waals surface area contributed by atoms with E-state index in [9.17, 15) is 19.2 Å². The second kappa shape index (κ2) is 8.31. The third-order valence-corrected chi connectivity index (χ3v) is 5.06. The predicted octanol–water partition coefficient (Wildman–Crippen LogP) is 1.04. The van der Waals surface area contributed by atoms with E-state index in [1.807, 2.05) is 13.8 Å². The van der Waals surface area contributed by atoms with E-state index >= 15 is 0 Å².